The molecule has 0 aliphatic rings. The van der Waals surface area contributed by atoms with Crippen molar-refractivity contribution in [2.75, 3.05) is 13.6 Å². The van der Waals surface area contributed by atoms with Gasteiger partial charge in [-0.1, -0.05) is 29.7 Å². The molecule has 0 aromatic heterocycles. The summed E-state index contributed by atoms with van der Waals surface area (Å²) in [6, 6.07) is -2.19. The Kier molecular flexibility index (Phi) is 2.69. The van der Waals surface area contributed by atoms with E-state index >= 15 is 0 Å². The number of amides is 1. The van der Waals surface area contributed by atoms with E-state index in [0.29, 0.717) is 0 Å². The molecule has 4 nitrogen and oxygen atoms in total. The molecule has 0 bridgehead atoms. The van der Waals surface area contributed by atoms with Crippen molar-refractivity contribution in [1.82, 2.24) is 5.32 Å². The summed E-state index contributed by atoms with van der Waals surface area (Å²) < 4.78 is 73.1. The Hall–Kier alpha value is -1.68. The Morgan fingerprint density at radius 3 is 3.05 bits per heavy atom. The molecule has 19 heavy (non-hydrogen) atoms. The van der Waals surface area contributed by atoms with Crippen molar-refractivity contribution in [1.29, 1.82) is 0 Å². The van der Waals surface area contributed by atoms with Crippen molar-refractivity contribution >= 4 is 11.7 Å². The number of hydrogen-bond acceptors (Lipinski definition) is 3. The van der Waals surface area contributed by atoms with Gasteiger partial charge < -0.3 is 14.8 Å². The van der Waals surface area contributed by atoms with Crippen molar-refractivity contribution < 1.29 is 26.7 Å². The lowest BCUT2D eigenvalue weighted by molar-refractivity contribution is -0.130. The summed E-state index contributed by atoms with van der Waals surface area (Å²) >= 11 is 0. The van der Waals surface area contributed by atoms with E-state index in [9.17, 15) is 9.59 Å². The van der Waals surface area contributed by atoms with E-state index in [1.165, 1.54) is 13.8 Å². The smallest absolute Gasteiger partial charge is 0.226 e. The molecular formula is C15H21NO3. The van der Waals surface area contributed by atoms with Crippen molar-refractivity contribution in [3.8, 4) is 0 Å². The first-order chi connectivity index (χ1) is 12.6. The molecule has 0 saturated carbocycles. The van der Waals surface area contributed by atoms with Gasteiger partial charge in [0.25, 0.3) is 0 Å². The monoisotopic (exact) mass is 272 g/mol. The van der Waals surface area contributed by atoms with Crippen molar-refractivity contribution in [2.45, 2.75) is 26.8 Å². The highest BCUT2D eigenvalue weighted by molar-refractivity contribution is 5.85. The van der Waals surface area contributed by atoms with Crippen LogP contribution in [0.5, 0.6) is 0 Å². The molecule has 0 spiro atoms. The number of ether oxygens (including phenoxy) is 1. The zero-order valence-corrected chi connectivity index (χ0v) is 10.7. The minimum absolute atomic E-state index is 0.0276. The molecular weight excluding hydrogens is 242 g/mol. The molecule has 1 N–H and O–H groups in total. The second-order valence-electron chi connectivity index (χ2n) is 4.03. The topological polar surface area (TPSA) is 55.4 Å². The summed E-state index contributed by atoms with van der Waals surface area (Å²) in [6.45, 7) is -0.925. The maximum atomic E-state index is 12.5. The second kappa shape index (κ2) is 7.69. The molecule has 0 saturated heterocycles. The largest absolute Gasteiger partial charge is 0.384 e. The summed E-state index contributed by atoms with van der Waals surface area (Å²) in [5, 5.41) is 1.96. The van der Waals surface area contributed by atoms with Crippen molar-refractivity contribution in [3.05, 3.63) is 35.3 Å². The van der Waals surface area contributed by atoms with Crippen LogP contribution in [0.15, 0.2) is 24.2 Å². The van der Waals surface area contributed by atoms with Crippen LogP contribution in [0.1, 0.15) is 36.8 Å². The lowest BCUT2D eigenvalue weighted by Gasteiger charge is -2.14. The van der Waals surface area contributed by atoms with Crippen molar-refractivity contribution in [2.24, 2.45) is 5.92 Å². The highest BCUT2D eigenvalue weighted by atomic mass is 16.5. The summed E-state index contributed by atoms with van der Waals surface area (Å²) in [6.07, 6.45) is -0.395. The first-order valence-corrected chi connectivity index (χ1v) is 5.61. The summed E-state index contributed by atoms with van der Waals surface area (Å²) in [5.74, 6) is -2.79. The summed E-state index contributed by atoms with van der Waals surface area (Å²) in [4.78, 5) is 23.8. The number of hydrogen-bond donors (Lipinski definition) is 1. The lowest BCUT2D eigenvalue weighted by Crippen LogP contribution is -2.33. The van der Waals surface area contributed by atoms with E-state index in [1.807, 2.05) is 5.32 Å². The van der Waals surface area contributed by atoms with Crippen LogP contribution in [0.2, 0.25) is 0 Å². The van der Waals surface area contributed by atoms with Crippen LogP contribution in [-0.2, 0) is 20.8 Å². The van der Waals surface area contributed by atoms with Crippen LogP contribution in [0, 0.1) is 12.8 Å². The van der Waals surface area contributed by atoms with E-state index < -0.39 is 67.9 Å². The fourth-order valence-electron chi connectivity index (χ4n) is 1.40. The minimum Gasteiger partial charge on any atom is -0.384 e. The number of benzene rings is 1. The van der Waals surface area contributed by atoms with Crippen LogP contribution in [-0.4, -0.2) is 25.3 Å². The van der Waals surface area contributed by atoms with Gasteiger partial charge in [0.05, 0.1) is 24.9 Å². The Morgan fingerprint density at radius 1 is 1.58 bits per heavy atom. The summed E-state index contributed by atoms with van der Waals surface area (Å²) in [5.41, 5.74) is -0.627. The summed E-state index contributed by atoms with van der Waals surface area (Å²) in [7, 11) is -2.81. The molecule has 1 amide bonds. The fraction of sp³-hybridized carbons (Fsp3) is 0.467. The normalized spacial score (nSPS) is 20.2. The standard InChI is InChI=1S/C15H21NO3/c1-11-5-4-6-13(7-11)9-16-15(18)14(10-19-3)8-12(2)17/h4-7,14H,8-10H2,1-3H3,(H,16,18)/i3D3,4D,5D,6D,7D,9D2. The van der Waals surface area contributed by atoms with Gasteiger partial charge in [-0.15, -0.1) is 0 Å². The highest BCUT2D eigenvalue weighted by Gasteiger charge is 2.19. The molecule has 1 unspecified atom stereocenters. The predicted octanol–water partition coefficient (Wildman–Crippen LogP) is 1.85. The Labute approximate surface area is 126 Å². The number of methoxy groups -OCH3 is 1. The van der Waals surface area contributed by atoms with E-state index in [-0.39, 0.29) is 11.6 Å². The van der Waals surface area contributed by atoms with Gasteiger partial charge in [-0.2, -0.15) is 0 Å². The van der Waals surface area contributed by atoms with E-state index in [4.69, 9.17) is 12.3 Å². The molecule has 1 aromatic carbocycles. The third kappa shape index (κ3) is 5.66. The Balaban J connectivity index is 3.22. The van der Waals surface area contributed by atoms with Crippen LogP contribution in [0.3, 0.4) is 0 Å². The van der Waals surface area contributed by atoms with E-state index in [0.717, 1.165) is 0 Å². The number of carbonyl (C=O) groups excluding carboxylic acids is 2. The number of rotatable bonds is 7. The van der Waals surface area contributed by atoms with Gasteiger partial charge in [0.15, 0.2) is 0 Å². The maximum absolute atomic E-state index is 12.5. The third-order valence-corrected chi connectivity index (χ3v) is 2.25. The molecule has 0 fully saturated rings. The molecule has 1 atom stereocenters. The van der Waals surface area contributed by atoms with Crippen LogP contribution in [0.4, 0.5) is 0 Å². The molecule has 0 radical (unpaired) electrons. The van der Waals surface area contributed by atoms with Crippen LogP contribution < -0.4 is 5.32 Å². The minimum atomic E-state index is -2.81. The first kappa shape index (κ1) is 6.66. The SMILES string of the molecule is [2H]c1c([2H])c(C)c([2H])c(C([2H])([2H])NC(=O)C(COC([2H])([2H])[2H])CC(C)=O)c1[2H]. The lowest BCUT2D eigenvalue weighted by atomic mass is 10.0. The van der Waals surface area contributed by atoms with Gasteiger partial charge in [0, 0.05) is 20.0 Å². The maximum Gasteiger partial charge on any atom is 0.226 e. The second-order valence-corrected chi connectivity index (χ2v) is 4.03. The predicted molar refractivity (Wildman–Crippen MR) is 73.7 cm³/mol. The van der Waals surface area contributed by atoms with Gasteiger partial charge in [-0.25, -0.2) is 0 Å². The number of Topliss-reactive ketones (excluding diaryl/α,β-unsaturated/α-hetero) is 1. The molecule has 1 rings (SSSR count). The zero-order chi connectivity index (χ0) is 22.0. The number of nitrogens with one attached hydrogen (secondary N) is 1. The average Bonchev–Trinajstić information content (AvgIpc) is 2.53. The molecule has 0 aliphatic carbocycles. The van der Waals surface area contributed by atoms with Gasteiger partial charge >= 0.3 is 0 Å². The van der Waals surface area contributed by atoms with Gasteiger partial charge in [0.1, 0.15) is 5.78 Å². The Bertz CT molecular complexity index is 748. The molecule has 104 valence electrons. The van der Waals surface area contributed by atoms with Gasteiger partial charge in [-0.05, 0) is 19.4 Å². The van der Waals surface area contributed by atoms with E-state index in [1.54, 1.807) is 0 Å². The van der Waals surface area contributed by atoms with Gasteiger partial charge in [0.2, 0.25) is 5.91 Å². The van der Waals surface area contributed by atoms with Crippen LogP contribution in [0.25, 0.3) is 0 Å². The average molecular weight is 272 g/mol. The van der Waals surface area contributed by atoms with Crippen molar-refractivity contribution in [3.63, 3.8) is 0 Å². The fourth-order valence-corrected chi connectivity index (χ4v) is 1.40. The molecule has 1 aromatic rings. The number of carbonyl (C=O) groups is 2. The first-order valence-electron chi connectivity index (χ1n) is 10.1. The molecule has 0 aliphatic heterocycles. The van der Waals surface area contributed by atoms with E-state index in [2.05, 4.69) is 4.74 Å². The van der Waals surface area contributed by atoms with Gasteiger partial charge in [-0.3, -0.25) is 4.79 Å². The Morgan fingerprint density at radius 2 is 2.37 bits per heavy atom. The quantitative estimate of drug-likeness (QED) is 0.824. The zero-order valence-electron chi connectivity index (χ0n) is 19.7. The molecule has 4 heteroatoms. The highest BCUT2D eigenvalue weighted by Crippen LogP contribution is 2.07. The van der Waals surface area contributed by atoms with Crippen LogP contribution >= 0.6 is 0 Å². The third-order valence-electron chi connectivity index (χ3n) is 2.25. The number of ketones is 1. The molecule has 0 heterocycles.